The number of nitrogens with zero attached hydrogens (tertiary/aromatic N) is 1. The van der Waals surface area contributed by atoms with Crippen LogP contribution in [0, 0.1) is 6.92 Å². The molecular formula is C10H8HgNNaO3S. The molecular weight excluding hydrogens is 438 g/mol. The second-order valence-electron chi connectivity index (χ2n) is 2.45. The summed E-state index contributed by atoms with van der Waals surface area (Å²) in [6.07, 6.45) is 0. The Kier molecular flexibility index (Phi) is 10.7. The van der Waals surface area contributed by atoms with E-state index >= 15 is 0 Å². The molecule has 0 radical (unpaired) electrons. The maximum Gasteiger partial charge on any atom is 2.00 e. The van der Waals surface area contributed by atoms with Crippen LogP contribution in [0.3, 0.4) is 0 Å². The summed E-state index contributed by atoms with van der Waals surface area (Å²) in [4.78, 5) is 14.3. The predicted molar refractivity (Wildman–Crippen MR) is 55.0 cm³/mol. The third-order valence-electron chi connectivity index (χ3n) is 1.60. The molecule has 0 spiro atoms. The zero-order valence-electron chi connectivity index (χ0n) is 9.73. The SMILES string of the molecule is O=C([O-])c1ccc2oc([S-])nc2c1.[CH2-]C.[Hg+2].[Na+]. The summed E-state index contributed by atoms with van der Waals surface area (Å²) in [5, 5.41) is 10.6. The Morgan fingerprint density at radius 2 is 2.06 bits per heavy atom. The Morgan fingerprint density at radius 3 is 2.59 bits per heavy atom. The van der Waals surface area contributed by atoms with Crippen LogP contribution in [0.5, 0.6) is 0 Å². The molecule has 0 saturated carbocycles. The Bertz CT molecular complexity index is 489. The van der Waals surface area contributed by atoms with Gasteiger partial charge in [-0.2, -0.15) is 6.92 Å². The van der Waals surface area contributed by atoms with Gasteiger partial charge in [-0.25, -0.2) is 4.98 Å². The molecule has 0 atom stereocenters. The van der Waals surface area contributed by atoms with Gasteiger partial charge in [0.1, 0.15) is 5.52 Å². The van der Waals surface area contributed by atoms with Crippen molar-refractivity contribution in [1.29, 1.82) is 0 Å². The van der Waals surface area contributed by atoms with Crippen LogP contribution in [0.15, 0.2) is 27.8 Å². The van der Waals surface area contributed by atoms with Gasteiger partial charge >= 0.3 is 57.2 Å². The predicted octanol–water partition coefficient (Wildman–Crippen LogP) is -2.06. The maximum absolute atomic E-state index is 10.5. The van der Waals surface area contributed by atoms with Crippen molar-refractivity contribution in [3.8, 4) is 0 Å². The van der Waals surface area contributed by atoms with E-state index in [1.807, 2.05) is 0 Å². The first-order chi connectivity index (χ1) is 7.16. The minimum Gasteiger partial charge on any atom is -0.721 e. The number of carboxylic acids is 1. The normalized spacial score (nSPS) is 8.35. The van der Waals surface area contributed by atoms with Crippen LogP contribution in [0.1, 0.15) is 17.3 Å². The summed E-state index contributed by atoms with van der Waals surface area (Å²) >= 11 is 4.68. The van der Waals surface area contributed by atoms with Gasteiger partial charge in [-0.05, 0) is 23.8 Å². The Hall–Kier alpha value is 0.315. The molecule has 0 aliphatic carbocycles. The van der Waals surface area contributed by atoms with Crippen LogP contribution < -0.4 is 34.7 Å². The largest absolute Gasteiger partial charge is 2.00 e. The zero-order valence-corrected chi connectivity index (χ0v) is 18.0. The van der Waals surface area contributed by atoms with Crippen molar-refractivity contribution in [2.75, 3.05) is 0 Å². The second kappa shape index (κ2) is 9.27. The number of aromatic nitrogens is 1. The Labute approximate surface area is 147 Å². The van der Waals surface area contributed by atoms with E-state index in [0.717, 1.165) is 0 Å². The van der Waals surface area contributed by atoms with Crippen molar-refractivity contribution < 1.29 is 71.5 Å². The van der Waals surface area contributed by atoms with Gasteiger partial charge in [0.05, 0.1) is 11.2 Å². The van der Waals surface area contributed by atoms with Crippen molar-refractivity contribution in [1.82, 2.24) is 4.98 Å². The van der Waals surface area contributed by atoms with Gasteiger partial charge in [0.15, 0.2) is 5.58 Å². The fourth-order valence-electron chi connectivity index (χ4n) is 1.03. The second-order valence-corrected chi connectivity index (χ2v) is 2.80. The molecule has 0 bridgehead atoms. The molecule has 0 aliphatic rings. The molecule has 2 aromatic rings. The fraction of sp³-hybridized carbons (Fsp3) is 0.100. The molecule has 7 heteroatoms. The molecule has 0 N–H and O–H groups in total. The standard InChI is InChI=1S/C8H5NO3S.C2H5.Hg.Na/c10-7(11)4-1-2-6-5(3-4)9-8(13)12-6;1-2;;/h1-3H,(H,9,13)(H,10,11);1H2,2H3;;/q;-1;+2;+1/p-2. The average molecular weight is 446 g/mol. The van der Waals surface area contributed by atoms with Crippen molar-refractivity contribution >= 4 is 29.7 Å². The molecule has 0 aliphatic heterocycles. The number of aromatic carboxylic acids is 1. The van der Waals surface area contributed by atoms with Crippen LogP contribution in [-0.2, 0) is 40.3 Å². The summed E-state index contributed by atoms with van der Waals surface area (Å²) < 4.78 is 4.99. The number of rotatable bonds is 1. The summed E-state index contributed by atoms with van der Waals surface area (Å²) in [6, 6.07) is 4.25. The van der Waals surface area contributed by atoms with Gasteiger partial charge in [0.25, 0.3) is 0 Å². The molecule has 80 valence electrons. The van der Waals surface area contributed by atoms with Crippen molar-refractivity contribution in [3.63, 3.8) is 0 Å². The average Bonchev–Trinajstić information content (AvgIpc) is 2.59. The van der Waals surface area contributed by atoms with E-state index in [-0.39, 0.29) is 68.0 Å². The van der Waals surface area contributed by atoms with Crippen LogP contribution in [0.4, 0.5) is 0 Å². The van der Waals surface area contributed by atoms with Gasteiger partial charge in [-0.3, -0.25) is 0 Å². The molecule has 0 unspecified atom stereocenters. The monoisotopic (exact) mass is 447 g/mol. The van der Waals surface area contributed by atoms with E-state index < -0.39 is 5.97 Å². The first-order valence-corrected chi connectivity index (χ1v) is 4.57. The molecule has 0 amide bonds. The molecule has 4 nitrogen and oxygen atoms in total. The van der Waals surface area contributed by atoms with Gasteiger partial charge in [-0.1, -0.05) is 0 Å². The van der Waals surface area contributed by atoms with E-state index in [1.165, 1.54) is 18.2 Å². The fourth-order valence-corrected chi connectivity index (χ4v) is 1.22. The number of hydrogen-bond donors (Lipinski definition) is 0. The Balaban J connectivity index is 0. The number of fused-ring (bicyclic) bond motifs is 1. The topological polar surface area (TPSA) is 66.2 Å². The molecule has 1 aromatic carbocycles. The minimum atomic E-state index is -1.24. The zero-order chi connectivity index (χ0) is 11.4. The number of carbonyl (C=O) groups is 1. The summed E-state index contributed by atoms with van der Waals surface area (Å²) in [5.41, 5.74) is 0.984. The van der Waals surface area contributed by atoms with Gasteiger partial charge < -0.3 is 33.9 Å². The van der Waals surface area contributed by atoms with Gasteiger partial charge in [-0.15, -0.1) is 0 Å². The van der Waals surface area contributed by atoms with Crippen LogP contribution in [-0.4, -0.2) is 11.0 Å². The van der Waals surface area contributed by atoms with Gasteiger partial charge in [0, 0.05) is 0 Å². The Morgan fingerprint density at radius 1 is 1.47 bits per heavy atom. The first-order valence-electron chi connectivity index (χ1n) is 4.16. The molecule has 0 saturated heterocycles. The summed E-state index contributed by atoms with van der Waals surface area (Å²) in [7, 11) is 0. The van der Waals surface area contributed by atoms with Gasteiger partial charge in [0.2, 0.25) is 0 Å². The molecule has 0 fully saturated rings. The van der Waals surface area contributed by atoms with Crippen molar-refractivity contribution in [2.24, 2.45) is 0 Å². The number of carbonyl (C=O) groups excluding carboxylic acids is 1. The number of oxazole rings is 1. The molecule has 17 heavy (non-hydrogen) atoms. The minimum absolute atomic E-state index is 0. The number of benzene rings is 1. The van der Waals surface area contributed by atoms with Crippen LogP contribution in [0.25, 0.3) is 11.1 Å². The van der Waals surface area contributed by atoms with E-state index in [9.17, 15) is 9.90 Å². The smallest absolute Gasteiger partial charge is 0.721 e. The maximum atomic E-state index is 10.5. The summed E-state index contributed by atoms with van der Waals surface area (Å²) in [5.74, 6) is -1.24. The van der Waals surface area contributed by atoms with Crippen LogP contribution in [0.2, 0.25) is 0 Å². The van der Waals surface area contributed by atoms with Crippen LogP contribution >= 0.6 is 0 Å². The van der Waals surface area contributed by atoms with E-state index in [2.05, 4.69) is 24.5 Å². The van der Waals surface area contributed by atoms with E-state index in [4.69, 9.17) is 4.42 Å². The van der Waals surface area contributed by atoms with Crippen molar-refractivity contribution in [2.45, 2.75) is 12.1 Å². The van der Waals surface area contributed by atoms with E-state index in [0.29, 0.717) is 11.1 Å². The quantitative estimate of drug-likeness (QED) is 0.287. The third-order valence-corrected chi connectivity index (χ3v) is 1.78. The molecule has 2 rings (SSSR count). The van der Waals surface area contributed by atoms with Crippen molar-refractivity contribution in [3.05, 3.63) is 30.7 Å². The number of carboxylic acid groups (broad SMARTS) is 1. The first kappa shape index (κ1) is 19.7. The third kappa shape index (κ3) is 5.22. The summed E-state index contributed by atoms with van der Waals surface area (Å²) in [6.45, 7) is 5.00. The van der Waals surface area contributed by atoms with E-state index in [1.54, 1.807) is 6.92 Å². The molecule has 1 heterocycles. The molecule has 1 aromatic heterocycles. The number of hydrogen-bond acceptors (Lipinski definition) is 5.